The van der Waals surface area contributed by atoms with Crippen molar-refractivity contribution in [1.82, 2.24) is 5.32 Å². The van der Waals surface area contributed by atoms with Gasteiger partial charge in [-0.1, -0.05) is 29.8 Å². The second-order valence-electron chi connectivity index (χ2n) is 4.18. The third kappa shape index (κ3) is 2.91. The number of carbonyl (C=O) groups excluding carboxylic acids is 2. The third-order valence-corrected chi connectivity index (χ3v) is 2.64. The number of Topliss-reactive ketones (excluding diaryl/α,β-unsaturated/α-hetero) is 1. The molecule has 0 aliphatic carbocycles. The van der Waals surface area contributed by atoms with E-state index >= 15 is 0 Å². The quantitative estimate of drug-likeness (QED) is 0.815. The van der Waals surface area contributed by atoms with E-state index in [4.69, 9.17) is 0 Å². The molecular weight excluding hydrogens is 218 g/mol. The molecule has 17 heavy (non-hydrogen) atoms. The van der Waals surface area contributed by atoms with Crippen LogP contribution in [0.3, 0.4) is 0 Å². The standard InChI is InChI=1S/C13H17NO3/c1-9-4-6-11(7-5-9)13(17,8-10(2)15)12(16)14-3/h4-7,17H,8H2,1-3H3,(H,14,16). The number of benzene rings is 1. The first kappa shape index (κ1) is 13.4. The Morgan fingerprint density at radius 3 is 2.24 bits per heavy atom. The van der Waals surface area contributed by atoms with Gasteiger partial charge in [0.2, 0.25) is 0 Å². The van der Waals surface area contributed by atoms with Crippen LogP contribution in [0.2, 0.25) is 0 Å². The molecule has 1 atom stereocenters. The van der Waals surface area contributed by atoms with Crippen molar-refractivity contribution in [3.05, 3.63) is 35.4 Å². The second-order valence-corrected chi connectivity index (χ2v) is 4.18. The summed E-state index contributed by atoms with van der Waals surface area (Å²) in [5.74, 6) is -0.812. The highest BCUT2D eigenvalue weighted by Crippen LogP contribution is 2.26. The van der Waals surface area contributed by atoms with Gasteiger partial charge in [-0.25, -0.2) is 0 Å². The highest BCUT2D eigenvalue weighted by molar-refractivity contribution is 5.91. The zero-order chi connectivity index (χ0) is 13.1. The maximum Gasteiger partial charge on any atom is 0.256 e. The van der Waals surface area contributed by atoms with Crippen molar-refractivity contribution in [2.45, 2.75) is 25.9 Å². The number of amides is 1. The molecule has 0 spiro atoms. The van der Waals surface area contributed by atoms with Crippen LogP contribution < -0.4 is 5.32 Å². The average molecular weight is 235 g/mol. The average Bonchev–Trinajstić information content (AvgIpc) is 2.27. The van der Waals surface area contributed by atoms with Gasteiger partial charge in [-0.3, -0.25) is 9.59 Å². The van der Waals surface area contributed by atoms with Gasteiger partial charge in [-0.05, 0) is 19.4 Å². The minimum atomic E-state index is -1.78. The molecular formula is C13H17NO3. The molecule has 2 N–H and O–H groups in total. The van der Waals surface area contributed by atoms with Crippen LogP contribution in [-0.2, 0) is 15.2 Å². The lowest BCUT2D eigenvalue weighted by Gasteiger charge is -2.25. The molecule has 4 heteroatoms. The monoisotopic (exact) mass is 235 g/mol. The van der Waals surface area contributed by atoms with E-state index in [0.29, 0.717) is 5.56 Å². The summed E-state index contributed by atoms with van der Waals surface area (Å²) in [6.07, 6.45) is -0.226. The molecule has 1 unspecified atom stereocenters. The Hall–Kier alpha value is -1.68. The predicted molar refractivity (Wildman–Crippen MR) is 64.4 cm³/mol. The molecule has 1 rings (SSSR count). The van der Waals surface area contributed by atoms with Gasteiger partial charge in [0.05, 0.1) is 0 Å². The van der Waals surface area contributed by atoms with Crippen LogP contribution in [0, 0.1) is 6.92 Å². The minimum absolute atomic E-state index is 0.226. The van der Waals surface area contributed by atoms with E-state index < -0.39 is 11.5 Å². The van der Waals surface area contributed by atoms with Crippen molar-refractivity contribution < 1.29 is 14.7 Å². The molecule has 0 saturated carbocycles. The van der Waals surface area contributed by atoms with Crippen molar-refractivity contribution in [1.29, 1.82) is 0 Å². The first-order chi connectivity index (χ1) is 7.90. The first-order valence-electron chi connectivity index (χ1n) is 5.41. The van der Waals surface area contributed by atoms with E-state index in [0.717, 1.165) is 5.56 Å². The Morgan fingerprint density at radius 1 is 1.29 bits per heavy atom. The molecule has 0 fully saturated rings. The maximum atomic E-state index is 11.7. The third-order valence-electron chi connectivity index (χ3n) is 2.64. The topological polar surface area (TPSA) is 66.4 Å². The van der Waals surface area contributed by atoms with Crippen LogP contribution >= 0.6 is 0 Å². The van der Waals surface area contributed by atoms with Gasteiger partial charge < -0.3 is 10.4 Å². The summed E-state index contributed by atoms with van der Waals surface area (Å²) in [6, 6.07) is 6.91. The van der Waals surface area contributed by atoms with Crippen molar-refractivity contribution in [3.8, 4) is 0 Å². The molecule has 0 bridgehead atoms. The fourth-order valence-electron chi connectivity index (χ4n) is 1.71. The van der Waals surface area contributed by atoms with Crippen LogP contribution in [0.1, 0.15) is 24.5 Å². The Labute approximate surface area is 101 Å². The summed E-state index contributed by atoms with van der Waals surface area (Å²) in [6.45, 7) is 3.26. The van der Waals surface area contributed by atoms with Gasteiger partial charge in [-0.2, -0.15) is 0 Å². The van der Waals surface area contributed by atoms with E-state index in [1.165, 1.54) is 14.0 Å². The maximum absolute atomic E-state index is 11.7. The zero-order valence-corrected chi connectivity index (χ0v) is 10.3. The van der Waals surface area contributed by atoms with Gasteiger partial charge in [0.1, 0.15) is 5.78 Å². The largest absolute Gasteiger partial charge is 0.375 e. The Kier molecular flexibility index (Phi) is 4.02. The number of rotatable bonds is 4. The van der Waals surface area contributed by atoms with E-state index in [1.54, 1.807) is 24.3 Å². The summed E-state index contributed by atoms with van der Waals surface area (Å²) in [5, 5.41) is 12.8. The van der Waals surface area contributed by atoms with Crippen molar-refractivity contribution >= 4 is 11.7 Å². The lowest BCUT2D eigenvalue weighted by Crippen LogP contribution is -2.44. The highest BCUT2D eigenvalue weighted by Gasteiger charge is 2.38. The van der Waals surface area contributed by atoms with Crippen LogP contribution in [0.5, 0.6) is 0 Å². The lowest BCUT2D eigenvalue weighted by molar-refractivity contribution is -0.145. The summed E-state index contributed by atoms with van der Waals surface area (Å²) in [4.78, 5) is 22.9. The summed E-state index contributed by atoms with van der Waals surface area (Å²) < 4.78 is 0. The number of hydrogen-bond acceptors (Lipinski definition) is 3. The molecule has 0 saturated heterocycles. The zero-order valence-electron chi connectivity index (χ0n) is 10.3. The van der Waals surface area contributed by atoms with Gasteiger partial charge in [0.15, 0.2) is 5.60 Å². The van der Waals surface area contributed by atoms with E-state index in [2.05, 4.69) is 5.32 Å². The Balaban J connectivity index is 3.18. The number of ketones is 1. The predicted octanol–water partition coefficient (Wildman–Crippen LogP) is 0.908. The van der Waals surface area contributed by atoms with Gasteiger partial charge >= 0.3 is 0 Å². The molecule has 92 valence electrons. The first-order valence-corrected chi connectivity index (χ1v) is 5.41. The normalized spacial score (nSPS) is 13.9. The molecule has 0 radical (unpaired) electrons. The van der Waals surface area contributed by atoms with Crippen LogP contribution in [0.15, 0.2) is 24.3 Å². The molecule has 1 aromatic carbocycles. The molecule has 4 nitrogen and oxygen atoms in total. The van der Waals surface area contributed by atoms with E-state index in [9.17, 15) is 14.7 Å². The number of carbonyl (C=O) groups is 2. The molecule has 1 aromatic rings. The smallest absolute Gasteiger partial charge is 0.256 e. The Morgan fingerprint density at radius 2 is 1.82 bits per heavy atom. The fourth-order valence-corrected chi connectivity index (χ4v) is 1.71. The number of hydrogen-bond donors (Lipinski definition) is 2. The lowest BCUT2D eigenvalue weighted by atomic mass is 9.87. The van der Waals surface area contributed by atoms with Crippen molar-refractivity contribution in [2.24, 2.45) is 0 Å². The van der Waals surface area contributed by atoms with Crippen molar-refractivity contribution in [3.63, 3.8) is 0 Å². The number of nitrogens with one attached hydrogen (secondary N) is 1. The fraction of sp³-hybridized carbons (Fsp3) is 0.385. The van der Waals surface area contributed by atoms with Gasteiger partial charge in [0.25, 0.3) is 5.91 Å². The molecule has 0 heterocycles. The molecule has 0 aromatic heterocycles. The second kappa shape index (κ2) is 5.10. The highest BCUT2D eigenvalue weighted by atomic mass is 16.3. The van der Waals surface area contributed by atoms with Gasteiger partial charge in [-0.15, -0.1) is 0 Å². The minimum Gasteiger partial charge on any atom is -0.375 e. The molecule has 0 aliphatic heterocycles. The van der Waals surface area contributed by atoms with Crippen LogP contribution in [0.25, 0.3) is 0 Å². The van der Waals surface area contributed by atoms with Crippen molar-refractivity contribution in [2.75, 3.05) is 7.05 Å². The summed E-state index contributed by atoms with van der Waals surface area (Å²) in [7, 11) is 1.43. The summed E-state index contributed by atoms with van der Waals surface area (Å²) >= 11 is 0. The summed E-state index contributed by atoms with van der Waals surface area (Å²) in [5.41, 5.74) is -0.331. The molecule has 1 amide bonds. The number of aliphatic hydroxyl groups is 1. The van der Waals surface area contributed by atoms with Gasteiger partial charge in [0, 0.05) is 13.5 Å². The molecule has 0 aliphatic rings. The van der Waals surface area contributed by atoms with Crippen LogP contribution in [0.4, 0.5) is 0 Å². The SMILES string of the molecule is CNC(=O)C(O)(CC(C)=O)c1ccc(C)cc1. The Bertz CT molecular complexity index is 425. The van der Waals surface area contributed by atoms with Crippen LogP contribution in [-0.4, -0.2) is 23.8 Å². The number of aryl methyl sites for hydroxylation is 1. The van der Waals surface area contributed by atoms with E-state index in [-0.39, 0.29) is 12.2 Å². The number of likely N-dealkylation sites (N-methyl/N-ethyl adjacent to an activating group) is 1. The van der Waals surface area contributed by atoms with E-state index in [1.807, 2.05) is 6.92 Å².